The van der Waals surface area contributed by atoms with Crippen LogP contribution in [0.15, 0.2) is 60.8 Å². The molecule has 2 amide bonds. The van der Waals surface area contributed by atoms with Crippen molar-refractivity contribution in [1.82, 2.24) is 24.6 Å². The van der Waals surface area contributed by atoms with Crippen LogP contribution in [0.4, 0.5) is 5.69 Å². The third kappa shape index (κ3) is 5.97. The third-order valence-electron chi connectivity index (χ3n) is 7.96. The number of carbonyl (C=O) groups excluding carboxylic acids is 2. The fourth-order valence-electron chi connectivity index (χ4n) is 5.74. The Bertz CT molecular complexity index is 1610. The fraction of sp³-hybridized carbons (Fsp3) is 0.323. The number of amides is 2. The van der Waals surface area contributed by atoms with Crippen LogP contribution in [0.2, 0.25) is 0 Å². The van der Waals surface area contributed by atoms with Gasteiger partial charge in [-0.25, -0.2) is 4.98 Å². The second-order valence-electron chi connectivity index (χ2n) is 10.6. The average Bonchev–Trinajstić information content (AvgIpc) is 3.79. The van der Waals surface area contributed by atoms with Gasteiger partial charge in [0.15, 0.2) is 0 Å². The van der Waals surface area contributed by atoms with Gasteiger partial charge in [-0.3, -0.25) is 14.3 Å². The van der Waals surface area contributed by atoms with Crippen molar-refractivity contribution >= 4 is 46.0 Å². The Morgan fingerprint density at radius 1 is 1.12 bits per heavy atom. The lowest BCUT2D eigenvalue weighted by Gasteiger charge is -2.36. The largest absolute Gasteiger partial charge is 0.466 e. The maximum atomic E-state index is 13.1. The molecule has 216 valence electrons. The number of aromatic nitrogens is 3. The molecule has 4 aromatic rings. The number of nitrogens with zero attached hydrogens (tertiary/aromatic N) is 5. The highest BCUT2D eigenvalue weighted by atomic mass is 32.1. The van der Waals surface area contributed by atoms with Gasteiger partial charge in [0.1, 0.15) is 23.0 Å². The van der Waals surface area contributed by atoms with Crippen molar-refractivity contribution in [2.24, 2.45) is 0 Å². The van der Waals surface area contributed by atoms with Crippen molar-refractivity contribution in [1.29, 1.82) is 5.41 Å². The van der Waals surface area contributed by atoms with Gasteiger partial charge in [0.2, 0.25) is 5.91 Å². The Morgan fingerprint density at radius 3 is 2.60 bits per heavy atom. The van der Waals surface area contributed by atoms with E-state index in [4.69, 9.17) is 10.1 Å². The molecule has 4 heterocycles. The first-order chi connectivity index (χ1) is 20.5. The van der Waals surface area contributed by atoms with Gasteiger partial charge < -0.3 is 25.3 Å². The third-order valence-corrected chi connectivity index (χ3v) is 8.85. The first-order valence-corrected chi connectivity index (χ1v) is 15.1. The molecule has 42 heavy (non-hydrogen) atoms. The molecule has 0 spiro atoms. The molecule has 0 radical (unpaired) electrons. The number of ether oxygens (including phenoxy) is 1. The number of hydrogen-bond donors (Lipinski definition) is 2. The van der Waals surface area contributed by atoms with Crippen LogP contribution in [-0.4, -0.2) is 74.8 Å². The van der Waals surface area contributed by atoms with Crippen LogP contribution in [0.1, 0.15) is 41.7 Å². The molecule has 2 aliphatic heterocycles. The van der Waals surface area contributed by atoms with E-state index in [1.807, 2.05) is 35.4 Å². The summed E-state index contributed by atoms with van der Waals surface area (Å²) in [5.74, 6) is 0.361. The molecule has 2 aliphatic rings. The number of hydrogen-bond acceptors (Lipinski definition) is 8. The zero-order valence-electron chi connectivity index (χ0n) is 23.3. The Balaban J connectivity index is 1.11. The molecule has 2 aromatic heterocycles. The summed E-state index contributed by atoms with van der Waals surface area (Å²) in [6.45, 7) is 7.64. The maximum Gasteiger partial charge on any atom is 0.275 e. The number of fused-ring (bicyclic) bond motifs is 1. The molecule has 0 aliphatic carbocycles. The summed E-state index contributed by atoms with van der Waals surface area (Å²) in [6.07, 6.45) is 8.98. The van der Waals surface area contributed by atoms with Gasteiger partial charge in [-0.1, -0.05) is 6.58 Å². The van der Waals surface area contributed by atoms with Crippen LogP contribution < -0.4 is 10.1 Å². The number of thiazole rings is 1. The van der Waals surface area contributed by atoms with Gasteiger partial charge in [-0.05, 0) is 75.2 Å². The smallest absolute Gasteiger partial charge is 0.275 e. The molecule has 10 nitrogen and oxygen atoms in total. The van der Waals surface area contributed by atoms with E-state index >= 15 is 0 Å². The molecule has 0 saturated carbocycles. The van der Waals surface area contributed by atoms with Crippen molar-refractivity contribution in [3.8, 4) is 16.3 Å². The lowest BCUT2D eigenvalue weighted by Crippen LogP contribution is -2.46. The summed E-state index contributed by atoms with van der Waals surface area (Å²) in [5.41, 5.74) is 2.82. The van der Waals surface area contributed by atoms with Crippen molar-refractivity contribution < 1.29 is 14.3 Å². The number of piperidine rings is 1. The minimum Gasteiger partial charge on any atom is -0.466 e. The van der Waals surface area contributed by atoms with Crippen LogP contribution in [0.25, 0.3) is 21.5 Å². The number of rotatable bonds is 9. The molecule has 2 fully saturated rings. The van der Waals surface area contributed by atoms with Crippen molar-refractivity contribution in [3.63, 3.8) is 0 Å². The second-order valence-corrected chi connectivity index (χ2v) is 11.5. The summed E-state index contributed by atoms with van der Waals surface area (Å²) >= 11 is 1.37. The maximum absolute atomic E-state index is 13.1. The van der Waals surface area contributed by atoms with Gasteiger partial charge in [-0.15, -0.1) is 11.3 Å². The lowest BCUT2D eigenvalue weighted by molar-refractivity contribution is -0.133. The summed E-state index contributed by atoms with van der Waals surface area (Å²) < 4.78 is 6.91. The Labute approximate surface area is 248 Å². The Kier molecular flexibility index (Phi) is 8.11. The minimum atomic E-state index is -0.369. The molecular formula is C31H33N7O3S. The van der Waals surface area contributed by atoms with Crippen LogP contribution in [-0.2, 0) is 11.3 Å². The number of carbonyl (C=O) groups is 2. The normalized spacial score (nSPS) is 16.0. The average molecular weight is 584 g/mol. The molecule has 2 aromatic carbocycles. The van der Waals surface area contributed by atoms with Gasteiger partial charge in [-0.2, -0.15) is 5.10 Å². The Hall–Kier alpha value is -4.35. The predicted molar refractivity (Wildman–Crippen MR) is 164 cm³/mol. The summed E-state index contributed by atoms with van der Waals surface area (Å²) in [4.78, 5) is 35.2. The van der Waals surface area contributed by atoms with Crippen LogP contribution in [0.5, 0.6) is 5.75 Å². The topological polar surface area (TPSA) is 116 Å². The number of anilines is 1. The quantitative estimate of drug-likeness (QED) is 0.211. The molecule has 0 atom stereocenters. The van der Waals surface area contributed by atoms with Gasteiger partial charge in [0.25, 0.3) is 5.91 Å². The molecular weight excluding hydrogens is 550 g/mol. The molecule has 0 bridgehead atoms. The molecule has 2 saturated heterocycles. The van der Waals surface area contributed by atoms with E-state index in [0.717, 1.165) is 36.9 Å². The summed E-state index contributed by atoms with van der Waals surface area (Å²) in [5, 5.41) is 18.6. The van der Waals surface area contributed by atoms with Crippen molar-refractivity contribution in [2.45, 2.75) is 38.3 Å². The highest BCUT2D eigenvalue weighted by Gasteiger charge is 2.28. The van der Waals surface area contributed by atoms with Crippen LogP contribution >= 0.6 is 11.3 Å². The van der Waals surface area contributed by atoms with E-state index in [1.54, 1.807) is 22.2 Å². The number of benzene rings is 2. The first-order valence-electron chi connectivity index (χ1n) is 14.2. The van der Waals surface area contributed by atoms with E-state index in [2.05, 4.69) is 26.9 Å². The first kappa shape index (κ1) is 27.8. The van der Waals surface area contributed by atoms with Gasteiger partial charge >= 0.3 is 0 Å². The van der Waals surface area contributed by atoms with Crippen LogP contribution in [0, 0.1) is 5.41 Å². The summed E-state index contributed by atoms with van der Waals surface area (Å²) in [6, 6.07) is 11.5. The lowest BCUT2D eigenvalue weighted by atomic mass is 10.0. The van der Waals surface area contributed by atoms with Crippen LogP contribution in [0.3, 0.4) is 0 Å². The number of likely N-dealkylation sites (tertiary alicyclic amines) is 2. The molecule has 11 heteroatoms. The van der Waals surface area contributed by atoms with E-state index in [1.165, 1.54) is 49.7 Å². The van der Waals surface area contributed by atoms with E-state index < -0.39 is 0 Å². The molecule has 0 unspecified atom stereocenters. The number of nitrogens with one attached hydrogen (secondary N) is 2. The second kappa shape index (κ2) is 12.3. The molecule has 6 rings (SSSR count). The zero-order chi connectivity index (χ0) is 29.1. The standard InChI is InChI=1S/C31H33N7O3S/c1-2-41-25-7-5-21(6-8-25)31-34-28(20-42-31)30(40)33-26-16-23-18-38(35-27(23)15-22(26)17-32)19-29(39)37-13-9-24(10-14-37)36-11-3-4-12-36/h2,5-8,15-18,20,24,32H,1,3-4,9-14,19H2,(H,33,40). The fourth-order valence-corrected chi connectivity index (χ4v) is 6.55. The molecule has 2 N–H and O–H groups in total. The predicted octanol–water partition coefficient (Wildman–Crippen LogP) is 5.02. The highest BCUT2D eigenvalue weighted by Crippen LogP contribution is 2.28. The summed E-state index contributed by atoms with van der Waals surface area (Å²) in [7, 11) is 0. The zero-order valence-corrected chi connectivity index (χ0v) is 24.1. The van der Waals surface area contributed by atoms with Crippen molar-refractivity contribution in [3.05, 3.63) is 72.1 Å². The van der Waals surface area contributed by atoms with E-state index in [0.29, 0.717) is 33.6 Å². The monoisotopic (exact) mass is 583 g/mol. The van der Waals surface area contributed by atoms with Gasteiger partial charge in [0.05, 0.1) is 17.5 Å². The van der Waals surface area contributed by atoms with Crippen molar-refractivity contribution in [2.75, 3.05) is 31.5 Å². The minimum absolute atomic E-state index is 0.0608. The van der Waals surface area contributed by atoms with E-state index in [-0.39, 0.29) is 24.1 Å². The Morgan fingerprint density at radius 2 is 1.88 bits per heavy atom. The van der Waals surface area contributed by atoms with Gasteiger partial charge in [0, 0.05) is 53.4 Å². The SMILES string of the molecule is C=COc1ccc(-c2nc(C(=O)Nc3cc4cn(CC(=O)N5CCC(N6CCCC6)CC5)nc4cc3C=N)cs2)cc1. The highest BCUT2D eigenvalue weighted by molar-refractivity contribution is 7.13. The van der Waals surface area contributed by atoms with E-state index in [9.17, 15) is 9.59 Å².